The van der Waals surface area contributed by atoms with Crippen LogP contribution >= 0.6 is 11.3 Å². The first kappa shape index (κ1) is 16.6. The van der Waals surface area contributed by atoms with Crippen molar-refractivity contribution in [3.63, 3.8) is 0 Å². The largest absolute Gasteiger partial charge is 0.325 e. The SMILES string of the molecule is CCc1ccc(S(=O)(=O)N2CCC(n3cc(CN)nn3)CC2)s1. The molecule has 7 nitrogen and oxygen atoms in total. The Morgan fingerprint density at radius 1 is 1.35 bits per heavy atom. The van der Waals surface area contributed by atoms with E-state index < -0.39 is 10.0 Å². The van der Waals surface area contributed by atoms with E-state index in [9.17, 15) is 8.42 Å². The Morgan fingerprint density at radius 3 is 2.65 bits per heavy atom. The molecule has 3 heterocycles. The van der Waals surface area contributed by atoms with Gasteiger partial charge in [0.2, 0.25) is 0 Å². The molecule has 1 aliphatic rings. The molecule has 1 saturated heterocycles. The van der Waals surface area contributed by atoms with E-state index in [0.717, 1.165) is 29.8 Å². The van der Waals surface area contributed by atoms with E-state index in [2.05, 4.69) is 10.3 Å². The number of hydrogen-bond acceptors (Lipinski definition) is 6. The first-order valence-electron chi connectivity index (χ1n) is 7.74. The number of piperidine rings is 1. The molecule has 0 atom stereocenters. The van der Waals surface area contributed by atoms with Crippen LogP contribution in [0.3, 0.4) is 0 Å². The second-order valence-electron chi connectivity index (χ2n) is 5.60. The van der Waals surface area contributed by atoms with E-state index in [0.29, 0.717) is 23.8 Å². The number of aryl methyl sites for hydroxylation is 1. The van der Waals surface area contributed by atoms with E-state index in [-0.39, 0.29) is 6.04 Å². The Hall–Kier alpha value is -1.29. The molecule has 0 radical (unpaired) electrons. The van der Waals surface area contributed by atoms with E-state index in [4.69, 9.17) is 5.73 Å². The fraction of sp³-hybridized carbons (Fsp3) is 0.571. The van der Waals surface area contributed by atoms with Gasteiger partial charge in [-0.3, -0.25) is 0 Å². The Morgan fingerprint density at radius 2 is 2.09 bits per heavy atom. The molecule has 0 spiro atoms. The highest BCUT2D eigenvalue weighted by atomic mass is 32.2. The van der Waals surface area contributed by atoms with E-state index >= 15 is 0 Å². The van der Waals surface area contributed by atoms with Gasteiger partial charge >= 0.3 is 0 Å². The molecule has 0 unspecified atom stereocenters. The summed E-state index contributed by atoms with van der Waals surface area (Å²) in [4.78, 5) is 1.09. The highest BCUT2D eigenvalue weighted by Crippen LogP contribution is 2.29. The van der Waals surface area contributed by atoms with Gasteiger partial charge < -0.3 is 5.73 Å². The molecule has 2 N–H and O–H groups in total. The molecule has 126 valence electrons. The van der Waals surface area contributed by atoms with E-state index in [1.165, 1.54) is 11.3 Å². The maximum absolute atomic E-state index is 12.7. The quantitative estimate of drug-likeness (QED) is 0.874. The van der Waals surface area contributed by atoms with Crippen LogP contribution < -0.4 is 5.73 Å². The predicted molar refractivity (Wildman–Crippen MR) is 88.6 cm³/mol. The van der Waals surface area contributed by atoms with Crippen LogP contribution in [0.1, 0.15) is 36.4 Å². The van der Waals surface area contributed by atoms with Gasteiger partial charge in [0.25, 0.3) is 10.0 Å². The van der Waals surface area contributed by atoms with Gasteiger partial charge in [0.15, 0.2) is 0 Å². The lowest BCUT2D eigenvalue weighted by molar-refractivity contribution is 0.259. The summed E-state index contributed by atoms with van der Waals surface area (Å²) >= 11 is 1.37. The number of sulfonamides is 1. The number of nitrogens with two attached hydrogens (primary N) is 1. The lowest BCUT2D eigenvalue weighted by Crippen LogP contribution is -2.38. The van der Waals surface area contributed by atoms with E-state index in [1.807, 2.05) is 23.9 Å². The average Bonchev–Trinajstić information content (AvgIpc) is 3.24. The van der Waals surface area contributed by atoms with Crippen molar-refractivity contribution >= 4 is 21.4 Å². The second kappa shape index (κ2) is 6.68. The molecule has 0 aromatic carbocycles. The minimum Gasteiger partial charge on any atom is -0.325 e. The van der Waals surface area contributed by atoms with Crippen molar-refractivity contribution < 1.29 is 8.42 Å². The first-order valence-corrected chi connectivity index (χ1v) is 10.00. The fourth-order valence-corrected chi connectivity index (χ4v) is 5.67. The molecule has 1 aliphatic heterocycles. The van der Waals surface area contributed by atoms with Gasteiger partial charge in [-0.2, -0.15) is 4.31 Å². The molecule has 23 heavy (non-hydrogen) atoms. The standard InChI is InChI=1S/C14H21N5O2S2/c1-2-13-3-4-14(22-13)23(20,21)18-7-5-12(6-8-18)19-10-11(9-15)16-17-19/h3-4,10,12H,2,5-9,15H2,1H3. The highest BCUT2D eigenvalue weighted by molar-refractivity contribution is 7.91. The number of thiophene rings is 1. The third-order valence-electron chi connectivity index (χ3n) is 4.14. The summed E-state index contributed by atoms with van der Waals surface area (Å²) in [6, 6.07) is 3.80. The van der Waals surface area contributed by atoms with Crippen molar-refractivity contribution in [2.45, 2.75) is 43.0 Å². The van der Waals surface area contributed by atoms with Crippen LogP contribution in [0, 0.1) is 0 Å². The number of aromatic nitrogens is 3. The van der Waals surface area contributed by atoms with Crippen LogP contribution in [0.2, 0.25) is 0 Å². The zero-order valence-corrected chi connectivity index (χ0v) is 14.7. The Bertz CT molecular complexity index is 760. The van der Waals surface area contributed by atoms with Gasteiger partial charge in [-0.1, -0.05) is 12.1 Å². The van der Waals surface area contributed by atoms with Crippen molar-refractivity contribution in [1.29, 1.82) is 0 Å². The van der Waals surface area contributed by atoms with Crippen molar-refractivity contribution in [2.24, 2.45) is 5.73 Å². The summed E-state index contributed by atoms with van der Waals surface area (Å²) < 4.78 is 29.2. The molecule has 0 aliphatic carbocycles. The summed E-state index contributed by atoms with van der Waals surface area (Å²) in [6.45, 7) is 3.40. The maximum Gasteiger partial charge on any atom is 0.252 e. The molecule has 3 rings (SSSR count). The summed E-state index contributed by atoms with van der Waals surface area (Å²) in [5, 5.41) is 8.09. The minimum absolute atomic E-state index is 0.184. The van der Waals surface area contributed by atoms with Crippen LogP contribution in [-0.2, 0) is 23.0 Å². The molecule has 9 heteroatoms. The molecule has 2 aromatic rings. The monoisotopic (exact) mass is 355 g/mol. The number of hydrogen-bond donors (Lipinski definition) is 1. The molecule has 0 bridgehead atoms. The highest BCUT2D eigenvalue weighted by Gasteiger charge is 2.31. The third-order valence-corrected chi connectivity index (χ3v) is 7.74. The molecule has 2 aromatic heterocycles. The summed E-state index contributed by atoms with van der Waals surface area (Å²) in [7, 11) is -3.37. The van der Waals surface area contributed by atoms with Gasteiger partial charge in [-0.25, -0.2) is 13.1 Å². The van der Waals surface area contributed by atoms with Gasteiger partial charge in [0.05, 0.1) is 17.9 Å². The normalized spacial score (nSPS) is 17.7. The van der Waals surface area contributed by atoms with Crippen molar-refractivity contribution in [2.75, 3.05) is 13.1 Å². The molecule has 0 saturated carbocycles. The van der Waals surface area contributed by atoms with E-state index in [1.54, 1.807) is 10.4 Å². The average molecular weight is 355 g/mol. The lowest BCUT2D eigenvalue weighted by Gasteiger charge is -2.30. The second-order valence-corrected chi connectivity index (χ2v) is 8.94. The summed E-state index contributed by atoms with van der Waals surface area (Å²) in [5.41, 5.74) is 6.30. The maximum atomic E-state index is 12.7. The van der Waals surface area contributed by atoms with Crippen LogP contribution in [-0.4, -0.2) is 40.8 Å². The van der Waals surface area contributed by atoms with Crippen LogP contribution in [0.15, 0.2) is 22.5 Å². The zero-order chi connectivity index (χ0) is 16.4. The van der Waals surface area contributed by atoms with Gasteiger partial charge in [-0.15, -0.1) is 16.4 Å². The number of rotatable bonds is 5. The van der Waals surface area contributed by atoms with Crippen molar-refractivity contribution in [3.8, 4) is 0 Å². The predicted octanol–water partition coefficient (Wildman–Crippen LogP) is 1.39. The van der Waals surface area contributed by atoms with Crippen molar-refractivity contribution in [1.82, 2.24) is 19.3 Å². The topological polar surface area (TPSA) is 94.1 Å². The molecule has 1 fully saturated rings. The smallest absolute Gasteiger partial charge is 0.252 e. The molecule has 0 amide bonds. The summed E-state index contributed by atoms with van der Waals surface area (Å²) in [6.07, 6.45) is 4.18. The first-order chi connectivity index (χ1) is 11.0. The van der Waals surface area contributed by atoms with Crippen LogP contribution in [0.4, 0.5) is 0 Å². The fourth-order valence-electron chi connectivity index (χ4n) is 2.75. The zero-order valence-electron chi connectivity index (χ0n) is 13.1. The Labute approximate surface area is 140 Å². The third kappa shape index (κ3) is 3.32. The molecular formula is C14H21N5O2S2. The van der Waals surface area contributed by atoms with Gasteiger partial charge in [-0.05, 0) is 31.4 Å². The number of nitrogens with zero attached hydrogens (tertiary/aromatic N) is 4. The van der Waals surface area contributed by atoms with Gasteiger partial charge in [0.1, 0.15) is 4.21 Å². The Balaban J connectivity index is 1.68. The van der Waals surface area contributed by atoms with Crippen molar-refractivity contribution in [3.05, 3.63) is 28.9 Å². The minimum atomic E-state index is -3.37. The van der Waals surface area contributed by atoms with Crippen LogP contribution in [0.25, 0.3) is 0 Å². The van der Waals surface area contributed by atoms with Gasteiger partial charge in [0, 0.05) is 24.5 Å². The summed E-state index contributed by atoms with van der Waals surface area (Å²) in [5.74, 6) is 0. The Kier molecular flexibility index (Phi) is 4.81. The molecular weight excluding hydrogens is 334 g/mol. The van der Waals surface area contributed by atoms with Crippen LogP contribution in [0.5, 0.6) is 0 Å². The lowest BCUT2D eigenvalue weighted by atomic mass is 10.1.